The summed E-state index contributed by atoms with van der Waals surface area (Å²) < 4.78 is 6.21. The van der Waals surface area contributed by atoms with Crippen molar-refractivity contribution in [3.05, 3.63) is 51.9 Å². The van der Waals surface area contributed by atoms with E-state index >= 15 is 0 Å². The second-order valence-electron chi connectivity index (χ2n) is 5.01. The number of halogens is 1. The number of benzene rings is 1. The highest BCUT2D eigenvalue weighted by atomic mass is 79.9. The van der Waals surface area contributed by atoms with Gasteiger partial charge in [-0.3, -0.25) is 0 Å². The van der Waals surface area contributed by atoms with E-state index in [2.05, 4.69) is 20.9 Å². The smallest absolute Gasteiger partial charge is 0.336 e. The summed E-state index contributed by atoms with van der Waals surface area (Å²) in [5.74, 6) is -0.0434. The molecule has 0 amide bonds. The Morgan fingerprint density at radius 2 is 2.14 bits per heavy atom. The average Bonchev–Trinajstić information content (AvgIpc) is 2.94. The van der Waals surface area contributed by atoms with Crippen molar-refractivity contribution in [2.45, 2.75) is 12.8 Å². The van der Waals surface area contributed by atoms with Gasteiger partial charge in [-0.05, 0) is 30.2 Å². The number of carbonyl (C=O) groups is 1. The Kier molecular flexibility index (Phi) is 2.65. The predicted octanol–water partition coefficient (Wildman–Crippen LogP) is 4.05. The Balaban J connectivity index is 2.19. The second kappa shape index (κ2) is 4.43. The molecule has 3 aromatic rings. The van der Waals surface area contributed by atoms with Gasteiger partial charge in [0.25, 0.3) is 0 Å². The maximum atomic E-state index is 11.8. The molecule has 2 aromatic heterocycles. The van der Waals surface area contributed by atoms with Crippen molar-refractivity contribution in [3.8, 4) is 11.3 Å². The number of hydrogen-bond acceptors (Lipinski definition) is 3. The Morgan fingerprint density at radius 3 is 2.95 bits per heavy atom. The first-order chi connectivity index (χ1) is 10.2. The summed E-state index contributed by atoms with van der Waals surface area (Å²) in [4.78, 5) is 16.5. The monoisotopic (exact) mass is 343 g/mol. The zero-order chi connectivity index (χ0) is 14.6. The van der Waals surface area contributed by atoms with Crippen molar-refractivity contribution < 1.29 is 14.3 Å². The van der Waals surface area contributed by atoms with Crippen molar-refractivity contribution in [2.75, 3.05) is 0 Å². The van der Waals surface area contributed by atoms with E-state index in [9.17, 15) is 9.90 Å². The molecule has 0 spiro atoms. The van der Waals surface area contributed by atoms with Gasteiger partial charge in [0.15, 0.2) is 0 Å². The van der Waals surface area contributed by atoms with Gasteiger partial charge in [-0.25, -0.2) is 9.78 Å². The summed E-state index contributed by atoms with van der Waals surface area (Å²) >= 11 is 3.45. The van der Waals surface area contributed by atoms with Crippen LogP contribution in [0, 0.1) is 0 Å². The molecule has 4 rings (SSSR count). The lowest BCUT2D eigenvalue weighted by Gasteiger charge is -2.19. The van der Waals surface area contributed by atoms with E-state index in [0.29, 0.717) is 29.3 Å². The zero-order valence-electron chi connectivity index (χ0n) is 10.9. The van der Waals surface area contributed by atoms with Crippen LogP contribution in [0.15, 0.2) is 39.4 Å². The molecule has 0 radical (unpaired) electrons. The quantitative estimate of drug-likeness (QED) is 0.723. The molecule has 0 atom stereocenters. The molecule has 1 aliphatic rings. The van der Waals surface area contributed by atoms with Gasteiger partial charge in [0.1, 0.15) is 5.76 Å². The third kappa shape index (κ3) is 1.74. The first-order valence-electron chi connectivity index (χ1n) is 6.58. The molecule has 21 heavy (non-hydrogen) atoms. The van der Waals surface area contributed by atoms with Crippen molar-refractivity contribution in [1.82, 2.24) is 4.98 Å². The highest BCUT2D eigenvalue weighted by Gasteiger charge is 2.27. The molecule has 2 heterocycles. The highest BCUT2D eigenvalue weighted by molar-refractivity contribution is 9.10. The maximum absolute atomic E-state index is 11.8. The molecule has 1 aliphatic carbocycles. The normalized spacial score (nSPS) is 13.0. The van der Waals surface area contributed by atoms with Gasteiger partial charge in [-0.2, -0.15) is 0 Å². The van der Waals surface area contributed by atoms with Gasteiger partial charge in [0.2, 0.25) is 0 Å². The number of furan rings is 1. The van der Waals surface area contributed by atoms with E-state index < -0.39 is 5.97 Å². The van der Waals surface area contributed by atoms with Crippen LogP contribution in [0.25, 0.3) is 22.2 Å². The number of fused-ring (bicyclic) bond motifs is 4. The number of carboxylic acids is 1. The minimum atomic E-state index is -0.919. The fraction of sp³-hybridized carbons (Fsp3) is 0.125. The van der Waals surface area contributed by atoms with Crippen molar-refractivity contribution in [2.24, 2.45) is 0 Å². The van der Waals surface area contributed by atoms with Crippen molar-refractivity contribution >= 4 is 32.8 Å². The lowest BCUT2D eigenvalue weighted by molar-refractivity contribution is 0.0697. The molecular weight excluding hydrogens is 334 g/mol. The van der Waals surface area contributed by atoms with Gasteiger partial charge in [-0.15, -0.1) is 0 Å². The minimum absolute atomic E-state index is 0.342. The molecule has 1 aromatic carbocycles. The van der Waals surface area contributed by atoms with E-state index in [1.54, 1.807) is 6.26 Å². The molecule has 1 N–H and O–H groups in total. The number of aromatic carboxylic acids is 1. The molecule has 5 heteroatoms. The van der Waals surface area contributed by atoms with E-state index in [4.69, 9.17) is 4.42 Å². The Labute approximate surface area is 128 Å². The van der Waals surface area contributed by atoms with Gasteiger partial charge in [-0.1, -0.05) is 22.0 Å². The third-order valence-corrected chi connectivity index (χ3v) is 4.54. The molecule has 0 saturated carbocycles. The summed E-state index contributed by atoms with van der Waals surface area (Å²) in [7, 11) is 0. The molecular formula is C16H10BrNO3. The SMILES string of the molecule is O=C(O)c1c2c(nc3cccc(Br)c13)-c1ccoc1CC2. The minimum Gasteiger partial charge on any atom is -0.478 e. The average molecular weight is 344 g/mol. The molecule has 0 saturated heterocycles. The first kappa shape index (κ1) is 12.6. The van der Waals surface area contributed by atoms with Gasteiger partial charge >= 0.3 is 5.97 Å². The van der Waals surface area contributed by atoms with Crippen LogP contribution in [0.5, 0.6) is 0 Å². The standard InChI is InChI=1S/C16H10BrNO3/c17-10-2-1-3-11-14(10)13(16(19)20)9-4-5-12-8(6-7-21-12)15(9)18-11/h1-3,6-7H,4-5H2,(H,19,20). The van der Waals surface area contributed by atoms with Gasteiger partial charge < -0.3 is 9.52 Å². The summed E-state index contributed by atoms with van der Waals surface area (Å²) in [6, 6.07) is 7.39. The highest BCUT2D eigenvalue weighted by Crippen LogP contribution is 2.39. The van der Waals surface area contributed by atoms with Crippen molar-refractivity contribution in [3.63, 3.8) is 0 Å². The zero-order valence-corrected chi connectivity index (χ0v) is 12.5. The van der Waals surface area contributed by atoms with Crippen molar-refractivity contribution in [1.29, 1.82) is 0 Å². The molecule has 0 fully saturated rings. The number of rotatable bonds is 1. The summed E-state index contributed by atoms with van der Waals surface area (Å²) in [5.41, 5.74) is 3.44. The molecule has 4 nitrogen and oxygen atoms in total. The van der Waals surface area contributed by atoms with Crippen LogP contribution < -0.4 is 0 Å². The van der Waals surface area contributed by atoms with Gasteiger partial charge in [0.05, 0.1) is 23.0 Å². The second-order valence-corrected chi connectivity index (χ2v) is 5.86. The van der Waals surface area contributed by atoms with E-state index in [0.717, 1.165) is 27.1 Å². The number of hydrogen-bond donors (Lipinski definition) is 1. The molecule has 0 aliphatic heterocycles. The van der Waals surface area contributed by atoms with Crippen LogP contribution in [-0.4, -0.2) is 16.1 Å². The summed E-state index contributed by atoms with van der Waals surface area (Å²) in [5, 5.41) is 10.4. The number of nitrogens with zero attached hydrogens (tertiary/aromatic N) is 1. The van der Waals surface area contributed by atoms with Gasteiger partial charge in [0, 0.05) is 21.8 Å². The number of aryl methyl sites for hydroxylation is 1. The maximum Gasteiger partial charge on any atom is 0.336 e. The topological polar surface area (TPSA) is 63.3 Å². The number of pyridine rings is 1. The largest absolute Gasteiger partial charge is 0.478 e. The summed E-state index contributed by atoms with van der Waals surface area (Å²) in [6.45, 7) is 0. The fourth-order valence-electron chi connectivity index (χ4n) is 3.00. The van der Waals surface area contributed by atoms with E-state index in [-0.39, 0.29) is 0 Å². The number of carboxylic acid groups (broad SMARTS) is 1. The lowest BCUT2D eigenvalue weighted by Crippen LogP contribution is -2.12. The van der Waals surface area contributed by atoms with Crippen LogP contribution in [0.4, 0.5) is 0 Å². The Hall–Kier alpha value is -2.14. The molecule has 0 bridgehead atoms. The fourth-order valence-corrected chi connectivity index (χ4v) is 3.55. The first-order valence-corrected chi connectivity index (χ1v) is 7.37. The predicted molar refractivity (Wildman–Crippen MR) is 81.5 cm³/mol. The van der Waals surface area contributed by atoms with Crippen LogP contribution >= 0.6 is 15.9 Å². The molecule has 0 unspecified atom stereocenters. The van der Waals surface area contributed by atoms with E-state index in [1.807, 2.05) is 24.3 Å². The lowest BCUT2D eigenvalue weighted by atomic mass is 9.89. The van der Waals surface area contributed by atoms with Crippen LogP contribution in [0.3, 0.4) is 0 Å². The molecule has 104 valence electrons. The summed E-state index contributed by atoms with van der Waals surface area (Å²) in [6.07, 6.45) is 2.96. The third-order valence-electron chi connectivity index (χ3n) is 3.88. The Bertz CT molecular complexity index is 898. The van der Waals surface area contributed by atoms with Crippen LogP contribution in [0.2, 0.25) is 0 Å². The Morgan fingerprint density at radius 1 is 1.29 bits per heavy atom. The number of aromatic nitrogens is 1. The van der Waals surface area contributed by atoms with E-state index in [1.165, 1.54) is 0 Å². The van der Waals surface area contributed by atoms with Crippen LogP contribution in [-0.2, 0) is 12.8 Å². The van der Waals surface area contributed by atoms with Crippen LogP contribution in [0.1, 0.15) is 21.7 Å².